The van der Waals surface area contributed by atoms with E-state index in [1.54, 1.807) is 39.7 Å². The molecule has 0 unspecified atom stereocenters. The number of allylic oxidation sites excluding steroid dienone is 1. The monoisotopic (exact) mass is 315 g/mol. The summed E-state index contributed by atoms with van der Waals surface area (Å²) < 4.78 is 10.8. The summed E-state index contributed by atoms with van der Waals surface area (Å²) in [6, 6.07) is 5.69. The molecule has 0 saturated heterocycles. The van der Waals surface area contributed by atoms with Crippen molar-refractivity contribution in [2.45, 2.75) is 13.3 Å². The quantitative estimate of drug-likeness (QED) is 0.819. The SMILES string of the molecule is C/N=C(\C=C/CN)Cc1ccnccc(OC)c(OC)cc1C. The maximum absolute atomic E-state index is 5.51. The minimum atomic E-state index is 0.493. The van der Waals surface area contributed by atoms with Crippen molar-refractivity contribution >= 4 is 5.71 Å². The van der Waals surface area contributed by atoms with Gasteiger partial charge in [0.1, 0.15) is 0 Å². The number of hydrogen-bond donors (Lipinski definition) is 1. The Kier molecular flexibility index (Phi) is 8.39. The van der Waals surface area contributed by atoms with Gasteiger partial charge in [-0.3, -0.25) is 9.98 Å². The predicted molar refractivity (Wildman–Crippen MR) is 95.0 cm³/mol. The molecule has 0 amide bonds. The molecule has 0 spiro atoms. The van der Waals surface area contributed by atoms with E-state index in [1.807, 2.05) is 31.2 Å². The molecule has 1 rings (SSSR count). The van der Waals surface area contributed by atoms with Gasteiger partial charge in [-0.2, -0.15) is 0 Å². The van der Waals surface area contributed by atoms with Gasteiger partial charge in [-0.1, -0.05) is 6.08 Å². The van der Waals surface area contributed by atoms with Crippen LogP contribution in [0.1, 0.15) is 11.1 Å². The largest absolute Gasteiger partial charge is 0.493 e. The second-order valence-electron chi connectivity index (χ2n) is 4.80. The van der Waals surface area contributed by atoms with E-state index in [9.17, 15) is 0 Å². The molecule has 23 heavy (non-hydrogen) atoms. The van der Waals surface area contributed by atoms with Crippen molar-refractivity contribution in [2.24, 2.45) is 10.7 Å². The summed E-state index contributed by atoms with van der Waals surface area (Å²) in [5, 5.41) is 0. The van der Waals surface area contributed by atoms with Crippen LogP contribution in [0.3, 0.4) is 0 Å². The van der Waals surface area contributed by atoms with Gasteiger partial charge in [0.15, 0.2) is 11.5 Å². The molecule has 5 nitrogen and oxygen atoms in total. The summed E-state index contributed by atoms with van der Waals surface area (Å²) in [4.78, 5) is 8.52. The van der Waals surface area contributed by atoms with E-state index in [1.165, 1.54) is 0 Å². The number of aryl methyl sites for hydroxylation is 1. The number of aliphatic imine (C=N–C) groups is 1. The first-order valence-electron chi connectivity index (χ1n) is 7.38. The number of nitrogens with two attached hydrogens (primary N) is 1. The zero-order chi connectivity index (χ0) is 17.1. The van der Waals surface area contributed by atoms with E-state index in [2.05, 4.69) is 9.98 Å². The van der Waals surface area contributed by atoms with Crippen LogP contribution < -0.4 is 15.2 Å². The third-order valence-electron chi connectivity index (χ3n) is 3.32. The highest BCUT2D eigenvalue weighted by atomic mass is 16.5. The minimum absolute atomic E-state index is 0.493. The van der Waals surface area contributed by atoms with E-state index in [0.717, 1.165) is 16.8 Å². The Morgan fingerprint density at radius 3 is 2.52 bits per heavy atom. The van der Waals surface area contributed by atoms with Crippen LogP contribution in [0.2, 0.25) is 0 Å². The van der Waals surface area contributed by atoms with Crippen molar-refractivity contribution in [3.8, 4) is 11.5 Å². The average molecular weight is 315 g/mol. The molecule has 1 heterocycles. The lowest BCUT2D eigenvalue weighted by molar-refractivity contribution is 0.355. The van der Waals surface area contributed by atoms with E-state index < -0.39 is 0 Å². The fourth-order valence-corrected chi connectivity index (χ4v) is 2.01. The fraction of sp³-hybridized carbons (Fsp3) is 0.333. The summed E-state index contributed by atoms with van der Waals surface area (Å²) in [6.45, 7) is 2.52. The summed E-state index contributed by atoms with van der Waals surface area (Å²) in [7, 11) is 5.00. The first-order valence-corrected chi connectivity index (χ1v) is 7.38. The maximum atomic E-state index is 5.51. The van der Waals surface area contributed by atoms with Crippen molar-refractivity contribution < 1.29 is 9.47 Å². The number of methoxy groups -OCH3 is 2. The molecule has 1 aromatic rings. The highest BCUT2D eigenvalue weighted by Crippen LogP contribution is 2.25. The number of nitrogens with zero attached hydrogens (tertiary/aromatic N) is 2. The summed E-state index contributed by atoms with van der Waals surface area (Å²) >= 11 is 0. The van der Waals surface area contributed by atoms with Crippen LogP contribution in [-0.4, -0.2) is 38.5 Å². The Bertz CT molecular complexity index is 624. The molecule has 124 valence electrons. The van der Waals surface area contributed by atoms with Crippen LogP contribution in [0, 0.1) is 6.92 Å². The molecule has 0 bridgehead atoms. The Balaban J connectivity index is 3.39. The van der Waals surface area contributed by atoms with Crippen molar-refractivity contribution in [3.63, 3.8) is 0 Å². The molecule has 0 fully saturated rings. The molecule has 0 radical (unpaired) electrons. The van der Waals surface area contributed by atoms with Crippen LogP contribution in [0.15, 0.2) is 47.7 Å². The van der Waals surface area contributed by atoms with Gasteiger partial charge < -0.3 is 15.2 Å². The van der Waals surface area contributed by atoms with Gasteiger partial charge >= 0.3 is 0 Å². The van der Waals surface area contributed by atoms with E-state index in [0.29, 0.717) is 24.5 Å². The maximum Gasteiger partial charge on any atom is 0.162 e. The van der Waals surface area contributed by atoms with Crippen LogP contribution in [0.4, 0.5) is 0 Å². The Morgan fingerprint density at radius 2 is 1.91 bits per heavy atom. The lowest BCUT2D eigenvalue weighted by Gasteiger charge is -2.07. The zero-order valence-corrected chi connectivity index (χ0v) is 14.2. The van der Waals surface area contributed by atoms with Crippen LogP contribution in [0.25, 0.3) is 0 Å². The molecule has 1 aromatic heterocycles. The van der Waals surface area contributed by atoms with Crippen molar-refractivity contribution in [1.82, 2.24) is 4.98 Å². The number of hydrogen-bond acceptors (Lipinski definition) is 5. The third kappa shape index (κ3) is 6.08. The number of rotatable bonds is 6. The minimum Gasteiger partial charge on any atom is -0.493 e. The Hall–Kier alpha value is -2.40. The molecule has 0 atom stereocenters. The summed E-state index contributed by atoms with van der Waals surface area (Å²) in [6.07, 6.45) is 7.95. The number of ether oxygens (including phenoxy) is 2. The second-order valence-corrected chi connectivity index (χ2v) is 4.80. The van der Waals surface area contributed by atoms with Crippen molar-refractivity contribution in [1.29, 1.82) is 0 Å². The lowest BCUT2D eigenvalue weighted by Crippen LogP contribution is -2.03. The van der Waals surface area contributed by atoms with Gasteiger partial charge in [-0.25, -0.2) is 0 Å². The van der Waals surface area contributed by atoms with Gasteiger partial charge in [0.2, 0.25) is 0 Å². The standard InChI is InChI=1S/C18H25N3O2/c1-14-12-18(23-4)17(22-3)8-11-21-10-7-15(14)13-16(20-2)6-5-9-19/h5-8,10-12H,9,13,19H2,1-4H3/b6-5-,10-7?,11-8?,14-12?,15-7?,15-14?,17-8?,18-12?,18-17?,20-16+,21-10?,21-11?. The first-order chi connectivity index (χ1) is 11.2. The first kappa shape index (κ1) is 18.6. The van der Waals surface area contributed by atoms with Gasteiger partial charge in [-0.15, -0.1) is 0 Å². The molecular formula is C18H25N3O2. The van der Waals surface area contributed by atoms with Crippen LogP contribution in [0.5, 0.6) is 11.5 Å². The molecular weight excluding hydrogens is 290 g/mol. The van der Waals surface area contributed by atoms with Crippen LogP contribution in [-0.2, 0) is 6.42 Å². The highest BCUT2D eigenvalue weighted by molar-refractivity contribution is 5.96. The van der Waals surface area contributed by atoms with Crippen molar-refractivity contribution in [3.05, 3.63) is 53.9 Å². The molecule has 0 saturated carbocycles. The lowest BCUT2D eigenvalue weighted by atomic mass is 10.0. The number of aromatic nitrogens is 1. The zero-order valence-electron chi connectivity index (χ0n) is 14.2. The summed E-state index contributed by atoms with van der Waals surface area (Å²) in [5.74, 6) is 1.27. The molecule has 0 aliphatic rings. The molecule has 5 heteroatoms. The molecule has 0 aliphatic heterocycles. The molecule has 0 aromatic carbocycles. The van der Waals surface area contributed by atoms with Crippen LogP contribution >= 0.6 is 0 Å². The van der Waals surface area contributed by atoms with E-state index >= 15 is 0 Å². The van der Waals surface area contributed by atoms with Gasteiger partial charge in [0.25, 0.3) is 0 Å². The topological polar surface area (TPSA) is 69.7 Å². The Labute approximate surface area is 138 Å². The molecule has 0 aliphatic carbocycles. The predicted octanol–water partition coefficient (Wildman–Crippen LogP) is 2.66. The van der Waals surface area contributed by atoms with Gasteiger partial charge in [0.05, 0.1) is 14.2 Å². The second kappa shape index (κ2) is 10.3. The normalized spacial score (nSPS) is 11.3. The van der Waals surface area contributed by atoms with E-state index in [-0.39, 0.29) is 0 Å². The average Bonchev–Trinajstić information content (AvgIpc) is 2.57. The van der Waals surface area contributed by atoms with Gasteiger partial charge in [-0.05, 0) is 36.3 Å². The summed E-state index contributed by atoms with van der Waals surface area (Å²) in [5.41, 5.74) is 8.61. The Morgan fingerprint density at radius 1 is 1.22 bits per heavy atom. The smallest absolute Gasteiger partial charge is 0.162 e. The van der Waals surface area contributed by atoms with Crippen molar-refractivity contribution in [2.75, 3.05) is 27.8 Å². The highest BCUT2D eigenvalue weighted by Gasteiger charge is 2.03. The fourth-order valence-electron chi connectivity index (χ4n) is 2.01. The third-order valence-corrected chi connectivity index (χ3v) is 3.32. The van der Waals surface area contributed by atoms with Gasteiger partial charge in [0, 0.05) is 44.2 Å². The molecule has 2 N–H and O–H groups in total. The van der Waals surface area contributed by atoms with E-state index in [4.69, 9.17) is 15.2 Å².